The van der Waals surface area contributed by atoms with Crippen molar-refractivity contribution in [1.29, 1.82) is 0 Å². The summed E-state index contributed by atoms with van der Waals surface area (Å²) in [7, 11) is 8.11. The molecule has 0 aliphatic heterocycles. The van der Waals surface area contributed by atoms with E-state index in [1.807, 2.05) is 18.2 Å². The zero-order chi connectivity index (χ0) is 20.8. The Kier molecular flexibility index (Phi) is 7.15. The van der Waals surface area contributed by atoms with E-state index in [1.54, 1.807) is 19.0 Å². The van der Waals surface area contributed by atoms with E-state index in [0.717, 1.165) is 12.0 Å². The van der Waals surface area contributed by atoms with Gasteiger partial charge in [0.1, 0.15) is 0 Å². The lowest BCUT2D eigenvalue weighted by Crippen LogP contribution is -2.19. The van der Waals surface area contributed by atoms with Gasteiger partial charge >= 0.3 is 5.97 Å². The van der Waals surface area contributed by atoms with Crippen LogP contribution in [0.1, 0.15) is 40.7 Å². The lowest BCUT2D eigenvalue weighted by atomic mass is 9.86. The molecule has 2 aromatic carbocycles. The van der Waals surface area contributed by atoms with Crippen molar-refractivity contribution in [1.82, 2.24) is 0 Å². The van der Waals surface area contributed by atoms with Crippen molar-refractivity contribution < 1.29 is 24.1 Å². The summed E-state index contributed by atoms with van der Waals surface area (Å²) in [6.45, 7) is 2.10. The summed E-state index contributed by atoms with van der Waals surface area (Å²) in [4.78, 5) is 14.0. The number of aromatic carboxylic acids is 1. The maximum atomic E-state index is 12.3. The third-order valence-electron chi connectivity index (χ3n) is 4.93. The van der Waals surface area contributed by atoms with Crippen molar-refractivity contribution in [2.24, 2.45) is 0 Å². The summed E-state index contributed by atoms with van der Waals surface area (Å²) in [5.74, 6) is 0.258. The molecule has 0 aromatic heterocycles. The van der Waals surface area contributed by atoms with E-state index in [9.17, 15) is 9.90 Å². The first-order valence-corrected chi connectivity index (χ1v) is 9.21. The van der Waals surface area contributed by atoms with Gasteiger partial charge in [0, 0.05) is 19.7 Å². The lowest BCUT2D eigenvalue weighted by molar-refractivity contribution is 0.0695. The molecule has 0 spiro atoms. The molecule has 0 aliphatic carbocycles. The zero-order valence-electron chi connectivity index (χ0n) is 17.4. The van der Waals surface area contributed by atoms with Gasteiger partial charge in [-0.2, -0.15) is 0 Å². The molecule has 6 nitrogen and oxygen atoms in total. The standard InChI is InChI=1S/C22H29NO5/c1-7-14(15-11-9-8-10-12-15)13-16-17(22(24)25)18(23(2)3)20(27-5)21(28-6)19(16)26-4/h8-12,14H,7,13H2,1-6H3,(H,24,25). The van der Waals surface area contributed by atoms with E-state index >= 15 is 0 Å². The van der Waals surface area contributed by atoms with Gasteiger partial charge in [-0.05, 0) is 24.3 Å². The molecule has 0 bridgehead atoms. The first-order chi connectivity index (χ1) is 13.4. The minimum atomic E-state index is -1.03. The largest absolute Gasteiger partial charge is 0.492 e. The fourth-order valence-electron chi connectivity index (χ4n) is 3.63. The molecule has 1 N–H and O–H groups in total. The molecule has 0 amide bonds. The van der Waals surface area contributed by atoms with E-state index in [1.165, 1.54) is 21.3 Å². The molecule has 0 fully saturated rings. The zero-order valence-corrected chi connectivity index (χ0v) is 17.4. The summed E-state index contributed by atoms with van der Waals surface area (Å²) in [6, 6.07) is 10.1. The Morgan fingerprint density at radius 1 is 1.00 bits per heavy atom. The number of hydrogen-bond acceptors (Lipinski definition) is 5. The van der Waals surface area contributed by atoms with Crippen LogP contribution in [0, 0.1) is 0 Å². The van der Waals surface area contributed by atoms with Crippen LogP contribution in [0.25, 0.3) is 0 Å². The number of rotatable bonds is 9. The van der Waals surface area contributed by atoms with E-state index < -0.39 is 5.97 Å². The molecular formula is C22H29NO5. The number of ether oxygens (including phenoxy) is 3. The molecule has 2 rings (SSSR count). The van der Waals surface area contributed by atoms with Crippen LogP contribution in [0.5, 0.6) is 17.2 Å². The van der Waals surface area contributed by atoms with Gasteiger partial charge in [0.25, 0.3) is 0 Å². The highest BCUT2D eigenvalue weighted by Crippen LogP contribution is 2.50. The molecule has 28 heavy (non-hydrogen) atoms. The summed E-state index contributed by atoms with van der Waals surface area (Å²) < 4.78 is 16.7. The van der Waals surface area contributed by atoms with Gasteiger partial charge < -0.3 is 24.2 Å². The van der Waals surface area contributed by atoms with Crippen molar-refractivity contribution in [3.8, 4) is 17.2 Å². The smallest absolute Gasteiger partial charge is 0.338 e. The number of carboxylic acids is 1. The maximum absolute atomic E-state index is 12.3. The Bertz CT molecular complexity index is 818. The number of carboxylic acid groups (broad SMARTS) is 1. The second kappa shape index (κ2) is 9.35. The minimum Gasteiger partial charge on any atom is -0.492 e. The number of carbonyl (C=O) groups is 1. The third-order valence-corrected chi connectivity index (χ3v) is 4.93. The van der Waals surface area contributed by atoms with Gasteiger partial charge in [-0.15, -0.1) is 0 Å². The van der Waals surface area contributed by atoms with Crippen LogP contribution in [0.3, 0.4) is 0 Å². The third kappa shape index (κ3) is 4.01. The Labute approximate surface area is 166 Å². The van der Waals surface area contributed by atoms with Gasteiger partial charge in [-0.1, -0.05) is 37.3 Å². The highest BCUT2D eigenvalue weighted by Gasteiger charge is 2.32. The minimum absolute atomic E-state index is 0.140. The lowest BCUT2D eigenvalue weighted by Gasteiger charge is -2.27. The van der Waals surface area contributed by atoms with E-state index in [4.69, 9.17) is 14.2 Å². The van der Waals surface area contributed by atoms with Crippen molar-refractivity contribution in [2.45, 2.75) is 25.7 Å². The molecule has 6 heteroatoms. The fourth-order valence-corrected chi connectivity index (χ4v) is 3.63. The van der Waals surface area contributed by atoms with Crippen LogP contribution < -0.4 is 19.1 Å². The Morgan fingerprint density at radius 3 is 2.00 bits per heavy atom. The molecule has 1 unspecified atom stereocenters. The van der Waals surface area contributed by atoms with Gasteiger partial charge in [-0.3, -0.25) is 0 Å². The number of hydrogen-bond donors (Lipinski definition) is 1. The van der Waals surface area contributed by atoms with E-state index in [-0.39, 0.29) is 11.5 Å². The number of methoxy groups -OCH3 is 3. The topological polar surface area (TPSA) is 68.2 Å². The predicted octanol–water partition coefficient (Wildman–Crippen LogP) is 4.21. The first-order valence-electron chi connectivity index (χ1n) is 9.21. The van der Waals surface area contributed by atoms with Crippen LogP contribution >= 0.6 is 0 Å². The quantitative estimate of drug-likeness (QED) is 0.695. The van der Waals surface area contributed by atoms with Crippen LogP contribution in [-0.4, -0.2) is 46.5 Å². The predicted molar refractivity (Wildman–Crippen MR) is 111 cm³/mol. The molecule has 0 saturated carbocycles. The monoisotopic (exact) mass is 387 g/mol. The Morgan fingerprint density at radius 2 is 1.57 bits per heavy atom. The second-order valence-corrected chi connectivity index (χ2v) is 6.72. The van der Waals surface area contributed by atoms with E-state index in [2.05, 4.69) is 19.1 Å². The number of benzene rings is 2. The Balaban J connectivity index is 2.80. The summed E-state index contributed by atoms with van der Waals surface area (Å²) >= 11 is 0. The molecule has 2 aromatic rings. The van der Waals surface area contributed by atoms with Crippen molar-refractivity contribution in [2.75, 3.05) is 40.3 Å². The average molecular weight is 387 g/mol. The van der Waals surface area contributed by atoms with Gasteiger partial charge in [0.15, 0.2) is 11.5 Å². The molecule has 1 atom stereocenters. The summed E-state index contributed by atoms with van der Waals surface area (Å²) in [6.07, 6.45) is 1.37. The van der Waals surface area contributed by atoms with Crippen molar-refractivity contribution in [3.05, 3.63) is 47.0 Å². The van der Waals surface area contributed by atoms with Crippen molar-refractivity contribution in [3.63, 3.8) is 0 Å². The summed E-state index contributed by atoms with van der Waals surface area (Å²) in [5.41, 5.74) is 2.40. The first kappa shape index (κ1) is 21.4. The number of anilines is 1. The maximum Gasteiger partial charge on any atom is 0.338 e. The highest BCUT2D eigenvalue weighted by atomic mass is 16.5. The van der Waals surface area contributed by atoms with Gasteiger partial charge in [-0.25, -0.2) is 4.79 Å². The highest BCUT2D eigenvalue weighted by molar-refractivity contribution is 6.00. The fraction of sp³-hybridized carbons (Fsp3) is 0.409. The Hall–Kier alpha value is -2.89. The summed E-state index contributed by atoms with van der Waals surface area (Å²) in [5, 5.41) is 10.1. The SMILES string of the molecule is CCC(Cc1c(OC)c(OC)c(OC)c(N(C)C)c1C(=O)O)c1ccccc1. The second-order valence-electron chi connectivity index (χ2n) is 6.72. The van der Waals surface area contributed by atoms with Crippen LogP contribution in [-0.2, 0) is 6.42 Å². The van der Waals surface area contributed by atoms with Crippen molar-refractivity contribution >= 4 is 11.7 Å². The molecule has 152 valence electrons. The molecular weight excluding hydrogens is 358 g/mol. The van der Waals surface area contributed by atoms with Crippen LogP contribution in [0.2, 0.25) is 0 Å². The molecule has 0 saturated heterocycles. The molecule has 0 heterocycles. The molecule has 0 aliphatic rings. The number of nitrogens with zero attached hydrogens (tertiary/aromatic N) is 1. The van der Waals surface area contributed by atoms with Crippen LogP contribution in [0.4, 0.5) is 5.69 Å². The normalized spacial score (nSPS) is 11.6. The molecule has 0 radical (unpaired) electrons. The van der Waals surface area contributed by atoms with Crippen LogP contribution in [0.15, 0.2) is 30.3 Å². The van der Waals surface area contributed by atoms with E-state index in [0.29, 0.717) is 34.9 Å². The average Bonchev–Trinajstić information content (AvgIpc) is 2.70. The van der Waals surface area contributed by atoms with Gasteiger partial charge in [0.05, 0.1) is 32.6 Å². The van der Waals surface area contributed by atoms with Gasteiger partial charge in [0.2, 0.25) is 5.75 Å².